The van der Waals surface area contributed by atoms with E-state index in [1.807, 2.05) is 30.3 Å². The molecule has 316 valence electrons. The lowest BCUT2D eigenvalue weighted by Crippen LogP contribution is -2.44. The Morgan fingerprint density at radius 3 is 2.31 bits per heavy atom. The molecule has 0 radical (unpaired) electrons. The van der Waals surface area contributed by atoms with Gasteiger partial charge in [-0.3, -0.25) is 33.8 Å². The van der Waals surface area contributed by atoms with E-state index in [1.54, 1.807) is 28.3 Å². The van der Waals surface area contributed by atoms with E-state index in [0.29, 0.717) is 29.9 Å². The van der Waals surface area contributed by atoms with Gasteiger partial charge in [-0.05, 0) is 79.5 Å². The lowest BCUT2D eigenvalue weighted by atomic mass is 10.0. The van der Waals surface area contributed by atoms with Crippen molar-refractivity contribution in [3.8, 4) is 11.8 Å². The highest BCUT2D eigenvalue weighted by molar-refractivity contribution is 6.01. The maximum atomic E-state index is 13.6. The van der Waals surface area contributed by atoms with Crippen molar-refractivity contribution in [2.24, 2.45) is 7.05 Å². The lowest BCUT2D eigenvalue weighted by Gasteiger charge is -2.37. The fourth-order valence-corrected chi connectivity index (χ4v) is 8.45. The van der Waals surface area contributed by atoms with Gasteiger partial charge in [0, 0.05) is 88.0 Å². The summed E-state index contributed by atoms with van der Waals surface area (Å²) in [5.41, 5.74) is 5.68. The number of piperidine rings is 3. The van der Waals surface area contributed by atoms with E-state index in [-0.39, 0.29) is 41.5 Å². The van der Waals surface area contributed by atoms with Crippen LogP contribution in [0.5, 0.6) is 0 Å². The second-order valence-electron chi connectivity index (χ2n) is 15.8. The number of rotatable bonds is 10. The minimum Gasteiger partial charge on any atom is -0.392 e. The quantitative estimate of drug-likeness (QED) is 0.0896. The maximum Gasteiger partial charge on any atom is 0.329 e. The number of halogens is 1. The standard InChI is InChI=1S/C45H48FN9O6/c1-52-42-31(3-2-4-38(42)55(45(52)60)39-11-12-41(57)51-43(39)58)27-54-21-16-36(17-22-54)61-35-14-19-53(20-15-35)26-30-7-5-29(6-8-30)9-10-33-23-34(13-18-47-33)49-44(59)50-37-24-40(46)48-25-32(37)28-56/h2-8,13,18,23-25,35-36,39,56H,11-12,14-17,19-22,26-28H2,1H3,(H,51,57,58)(H2,47,48,49,50,59). The van der Waals surface area contributed by atoms with E-state index in [9.17, 15) is 28.7 Å². The summed E-state index contributed by atoms with van der Waals surface area (Å²) in [6.07, 6.45) is 7.54. The van der Waals surface area contributed by atoms with Crippen molar-refractivity contribution in [2.75, 3.05) is 36.8 Å². The molecule has 1 unspecified atom stereocenters. The molecule has 0 bridgehead atoms. The number of aromatic nitrogens is 4. The fourth-order valence-electron chi connectivity index (χ4n) is 8.45. The largest absolute Gasteiger partial charge is 0.392 e. The third kappa shape index (κ3) is 9.87. The Bertz CT molecular complexity index is 2550. The van der Waals surface area contributed by atoms with Crippen molar-refractivity contribution < 1.29 is 28.6 Å². The van der Waals surface area contributed by atoms with Gasteiger partial charge in [-0.15, -0.1) is 0 Å². The monoisotopic (exact) mass is 829 g/mol. The number of urea groups is 1. The van der Waals surface area contributed by atoms with E-state index < -0.39 is 30.5 Å². The molecule has 4 amide bonds. The van der Waals surface area contributed by atoms with Crippen LogP contribution < -0.4 is 21.6 Å². The van der Waals surface area contributed by atoms with Crippen LogP contribution in [0.2, 0.25) is 0 Å². The smallest absolute Gasteiger partial charge is 0.329 e. The third-order valence-electron chi connectivity index (χ3n) is 11.6. The molecule has 3 aromatic heterocycles. The second-order valence-corrected chi connectivity index (χ2v) is 15.8. The van der Waals surface area contributed by atoms with E-state index >= 15 is 0 Å². The van der Waals surface area contributed by atoms with E-state index in [4.69, 9.17) is 4.74 Å². The molecule has 0 spiro atoms. The number of likely N-dealkylation sites (tertiary alicyclic amines) is 2. The predicted octanol–water partition coefficient (Wildman–Crippen LogP) is 4.43. The zero-order valence-corrected chi connectivity index (χ0v) is 33.9. The van der Waals surface area contributed by atoms with Gasteiger partial charge in [-0.2, -0.15) is 4.39 Å². The molecule has 3 aliphatic rings. The summed E-state index contributed by atoms with van der Waals surface area (Å²) in [5, 5.41) is 17.0. The van der Waals surface area contributed by atoms with Crippen molar-refractivity contribution in [3.63, 3.8) is 0 Å². The van der Waals surface area contributed by atoms with Crippen LogP contribution in [0, 0.1) is 17.8 Å². The Hall–Kier alpha value is -6.25. The van der Waals surface area contributed by atoms with E-state index in [0.717, 1.165) is 87.3 Å². The van der Waals surface area contributed by atoms with Crippen LogP contribution >= 0.6 is 0 Å². The zero-order chi connectivity index (χ0) is 42.5. The van der Waals surface area contributed by atoms with Crippen LogP contribution in [0.3, 0.4) is 0 Å². The van der Waals surface area contributed by atoms with Crippen molar-refractivity contribution in [3.05, 3.63) is 117 Å². The molecule has 0 saturated carbocycles. The number of nitrogens with zero attached hydrogens (tertiary/aromatic N) is 6. The van der Waals surface area contributed by atoms with Gasteiger partial charge in [0.2, 0.25) is 17.8 Å². The lowest BCUT2D eigenvalue weighted by molar-refractivity contribution is -0.135. The number of imide groups is 1. The number of benzene rings is 2. The highest BCUT2D eigenvalue weighted by atomic mass is 19.1. The number of fused-ring (bicyclic) bond motifs is 1. The Morgan fingerprint density at radius 2 is 1.61 bits per heavy atom. The molecule has 6 heterocycles. The molecular weight excluding hydrogens is 782 g/mol. The number of imidazole rings is 1. The Kier molecular flexibility index (Phi) is 12.6. The van der Waals surface area contributed by atoms with Gasteiger partial charge in [0.25, 0.3) is 0 Å². The number of carbonyl (C=O) groups excluding carboxylic acids is 3. The molecule has 3 fully saturated rings. The average Bonchev–Trinajstić information content (AvgIpc) is 3.51. The number of amides is 4. The number of pyridine rings is 2. The number of aliphatic hydroxyl groups is 1. The number of para-hydroxylation sites is 1. The van der Waals surface area contributed by atoms with Crippen LogP contribution in [0.4, 0.5) is 20.6 Å². The summed E-state index contributed by atoms with van der Waals surface area (Å²) < 4.78 is 23.4. The van der Waals surface area contributed by atoms with Gasteiger partial charge in [0.1, 0.15) is 11.7 Å². The van der Waals surface area contributed by atoms with Crippen molar-refractivity contribution in [1.29, 1.82) is 0 Å². The molecule has 2 aromatic carbocycles. The number of hydrogen-bond acceptors (Lipinski definition) is 10. The molecule has 8 rings (SSSR count). The second kappa shape index (κ2) is 18.6. The highest BCUT2D eigenvalue weighted by Gasteiger charge is 2.32. The van der Waals surface area contributed by atoms with Crippen LogP contribution in [-0.4, -0.2) is 90.2 Å². The first-order valence-corrected chi connectivity index (χ1v) is 20.6. The SMILES string of the molecule is Cn1c(=O)n(C2CCC(=O)NC2=O)c2cccc(CN3CCC(OC4CCN(Cc5ccc(C#Cc6cc(NC(=O)Nc7cc(F)ncc7CO)ccn6)cc5)CC4)CC3)c21. The normalized spacial score (nSPS) is 18.1. The van der Waals surface area contributed by atoms with Crippen LogP contribution in [-0.2, 0) is 41.1 Å². The topological polar surface area (TPSA) is 176 Å². The Balaban J connectivity index is 0.772. The number of carbonyl (C=O) groups is 3. The Labute approximate surface area is 351 Å². The Morgan fingerprint density at radius 1 is 0.885 bits per heavy atom. The van der Waals surface area contributed by atoms with Crippen LogP contribution in [0.25, 0.3) is 11.0 Å². The van der Waals surface area contributed by atoms with Gasteiger partial charge < -0.3 is 20.5 Å². The molecule has 4 N–H and O–H groups in total. The number of hydrogen-bond donors (Lipinski definition) is 4. The maximum absolute atomic E-state index is 13.6. The molecule has 3 aliphatic heterocycles. The number of ether oxygens (including phenoxy) is 1. The van der Waals surface area contributed by atoms with Crippen LogP contribution in [0.1, 0.15) is 72.5 Å². The van der Waals surface area contributed by atoms with Crippen molar-refractivity contribution >= 4 is 40.3 Å². The minimum absolute atomic E-state index is 0.122. The molecule has 15 nitrogen and oxygen atoms in total. The van der Waals surface area contributed by atoms with Gasteiger partial charge in [0.05, 0.1) is 35.5 Å². The first-order valence-electron chi connectivity index (χ1n) is 20.6. The molecular formula is C45H48FN9O6. The molecule has 1 atom stereocenters. The van der Waals surface area contributed by atoms with E-state index in [1.165, 1.54) is 11.8 Å². The summed E-state index contributed by atoms with van der Waals surface area (Å²) in [4.78, 5) is 62.9. The molecule has 61 heavy (non-hydrogen) atoms. The number of aryl methyl sites for hydroxylation is 1. The number of aliphatic hydroxyl groups excluding tert-OH is 1. The van der Waals surface area contributed by atoms with Crippen molar-refractivity contribution in [1.82, 2.24) is 34.2 Å². The molecule has 3 saturated heterocycles. The minimum atomic E-state index is -0.775. The molecule has 0 aliphatic carbocycles. The van der Waals surface area contributed by atoms with Gasteiger partial charge in [-0.1, -0.05) is 30.2 Å². The first kappa shape index (κ1) is 41.5. The number of nitrogens with one attached hydrogen (secondary N) is 3. The third-order valence-corrected chi connectivity index (χ3v) is 11.6. The van der Waals surface area contributed by atoms with E-state index in [2.05, 4.69) is 59.7 Å². The predicted molar refractivity (Wildman–Crippen MR) is 226 cm³/mol. The first-order chi connectivity index (χ1) is 29.6. The summed E-state index contributed by atoms with van der Waals surface area (Å²) in [5.74, 6) is 4.67. The van der Waals surface area contributed by atoms with Gasteiger partial charge >= 0.3 is 11.7 Å². The highest BCUT2D eigenvalue weighted by Crippen LogP contribution is 2.28. The van der Waals surface area contributed by atoms with Crippen LogP contribution in [0.15, 0.2) is 77.9 Å². The zero-order valence-electron chi connectivity index (χ0n) is 33.9. The summed E-state index contributed by atoms with van der Waals surface area (Å²) in [7, 11) is 1.75. The average molecular weight is 830 g/mol. The summed E-state index contributed by atoms with van der Waals surface area (Å²) in [6.45, 7) is 4.85. The molecule has 5 aromatic rings. The summed E-state index contributed by atoms with van der Waals surface area (Å²) in [6, 6.07) is 17.0. The fraction of sp³-hybridized carbons (Fsp3) is 0.378. The van der Waals surface area contributed by atoms with Crippen molar-refractivity contribution in [2.45, 2.75) is 76.5 Å². The van der Waals surface area contributed by atoms with Gasteiger partial charge in [0.15, 0.2) is 0 Å². The summed E-state index contributed by atoms with van der Waals surface area (Å²) >= 11 is 0. The number of anilines is 2. The van der Waals surface area contributed by atoms with Gasteiger partial charge in [-0.25, -0.2) is 19.6 Å². The molecule has 16 heteroatoms.